The first kappa shape index (κ1) is 17.1. The van der Waals surface area contributed by atoms with Gasteiger partial charge in [-0.25, -0.2) is 4.98 Å². The average molecular weight is 396 g/mol. The van der Waals surface area contributed by atoms with Crippen LogP contribution < -0.4 is 5.32 Å². The Morgan fingerprint density at radius 2 is 2.00 bits per heavy atom. The Labute approximate surface area is 172 Å². The molecule has 0 aromatic carbocycles. The maximum absolute atomic E-state index is 4.64. The van der Waals surface area contributed by atoms with Gasteiger partial charge in [0, 0.05) is 23.5 Å². The second-order valence-corrected chi connectivity index (χ2v) is 7.60. The van der Waals surface area contributed by atoms with E-state index in [1.54, 1.807) is 0 Å². The van der Waals surface area contributed by atoms with Gasteiger partial charge in [0.1, 0.15) is 5.69 Å². The van der Waals surface area contributed by atoms with Crippen LogP contribution in [0, 0.1) is 6.92 Å². The molecule has 0 spiro atoms. The lowest BCUT2D eigenvalue weighted by Crippen LogP contribution is -2.20. The van der Waals surface area contributed by atoms with Gasteiger partial charge in [0.25, 0.3) is 0 Å². The smallest absolute Gasteiger partial charge is 0.116 e. The number of aromatic nitrogens is 7. The van der Waals surface area contributed by atoms with Gasteiger partial charge in [-0.05, 0) is 37.6 Å². The lowest BCUT2D eigenvalue weighted by Gasteiger charge is -2.13. The highest BCUT2D eigenvalue weighted by atomic mass is 15.1. The summed E-state index contributed by atoms with van der Waals surface area (Å²) in [6.45, 7) is 3.85. The van der Waals surface area contributed by atoms with E-state index < -0.39 is 0 Å². The Kier molecular flexibility index (Phi) is 3.78. The minimum atomic E-state index is 0.882. The highest BCUT2D eigenvalue weighted by Crippen LogP contribution is 2.32. The summed E-state index contributed by atoms with van der Waals surface area (Å²) in [5.41, 5.74) is 7.95. The van der Waals surface area contributed by atoms with Crippen molar-refractivity contribution < 1.29 is 0 Å². The second kappa shape index (κ2) is 6.64. The topological polar surface area (TPSA) is 100 Å². The van der Waals surface area contributed by atoms with Gasteiger partial charge in [0.15, 0.2) is 0 Å². The first-order valence-electron chi connectivity index (χ1n) is 9.98. The molecule has 6 rings (SSSR count). The van der Waals surface area contributed by atoms with Crippen molar-refractivity contribution in [2.75, 3.05) is 13.1 Å². The standard InChI is InChI=1S/C22H20N8/c1-13-11-30(12-26-13)21-10-24-8-19-15(21)6-18(27-19)22-16-7-17(14-2-4-23-5-3-14)25-9-20(16)28-29-22/h2,6-12,23,27H,3-5H2,1H3,(H,28,29). The minimum Gasteiger partial charge on any atom is -0.352 e. The molecule has 0 atom stereocenters. The Morgan fingerprint density at radius 1 is 1.03 bits per heavy atom. The summed E-state index contributed by atoms with van der Waals surface area (Å²) in [4.78, 5) is 16.9. The SMILES string of the molecule is Cc1cn(-c2cncc3[nH]c(-c4n[nH]c5cnc(C6=CCNCC6)cc45)cc23)cn1. The molecule has 0 aliphatic carbocycles. The third kappa shape index (κ3) is 2.73. The van der Waals surface area contributed by atoms with Crippen LogP contribution in [0.25, 0.3) is 44.5 Å². The highest BCUT2D eigenvalue weighted by molar-refractivity contribution is 5.98. The van der Waals surface area contributed by atoms with E-state index in [9.17, 15) is 0 Å². The van der Waals surface area contributed by atoms with Crippen LogP contribution in [0.2, 0.25) is 0 Å². The van der Waals surface area contributed by atoms with Crippen LogP contribution >= 0.6 is 0 Å². The molecule has 5 aromatic rings. The van der Waals surface area contributed by atoms with Crippen molar-refractivity contribution in [1.82, 2.24) is 40.0 Å². The Balaban J connectivity index is 1.49. The molecule has 8 nitrogen and oxygen atoms in total. The minimum absolute atomic E-state index is 0.882. The van der Waals surface area contributed by atoms with Crippen molar-refractivity contribution in [2.24, 2.45) is 0 Å². The van der Waals surface area contributed by atoms with E-state index in [-0.39, 0.29) is 0 Å². The molecule has 8 heteroatoms. The molecule has 1 aliphatic rings. The van der Waals surface area contributed by atoms with E-state index in [4.69, 9.17) is 0 Å². The molecule has 0 bridgehead atoms. The van der Waals surface area contributed by atoms with Gasteiger partial charge in [-0.3, -0.25) is 15.1 Å². The zero-order valence-corrected chi connectivity index (χ0v) is 16.5. The molecule has 0 saturated carbocycles. The summed E-state index contributed by atoms with van der Waals surface area (Å²) in [6.07, 6.45) is 12.6. The lowest BCUT2D eigenvalue weighted by atomic mass is 10.0. The number of H-pyrrole nitrogens is 2. The number of fused-ring (bicyclic) bond motifs is 2. The van der Waals surface area contributed by atoms with Gasteiger partial charge in [-0.1, -0.05) is 6.08 Å². The van der Waals surface area contributed by atoms with Crippen LogP contribution in [0.4, 0.5) is 0 Å². The van der Waals surface area contributed by atoms with Crippen LogP contribution in [0.3, 0.4) is 0 Å². The van der Waals surface area contributed by atoms with Crippen molar-refractivity contribution in [3.8, 4) is 17.1 Å². The Hall–Kier alpha value is -3.78. The summed E-state index contributed by atoms with van der Waals surface area (Å²) >= 11 is 0. The van der Waals surface area contributed by atoms with Crippen LogP contribution in [0.1, 0.15) is 17.8 Å². The highest BCUT2D eigenvalue weighted by Gasteiger charge is 2.16. The number of nitrogens with one attached hydrogen (secondary N) is 3. The quantitative estimate of drug-likeness (QED) is 0.434. The number of nitrogens with zero attached hydrogens (tertiary/aromatic N) is 5. The molecular formula is C22H20N8. The second-order valence-electron chi connectivity index (χ2n) is 7.60. The fraction of sp³-hybridized carbons (Fsp3) is 0.182. The predicted octanol–water partition coefficient (Wildman–Crippen LogP) is 3.37. The van der Waals surface area contributed by atoms with E-state index >= 15 is 0 Å². The van der Waals surface area contributed by atoms with E-state index in [0.717, 1.165) is 69.8 Å². The Bertz CT molecular complexity index is 1420. The van der Waals surface area contributed by atoms with Crippen LogP contribution in [0.15, 0.2) is 49.3 Å². The molecule has 6 heterocycles. The van der Waals surface area contributed by atoms with Crippen molar-refractivity contribution in [3.63, 3.8) is 0 Å². The van der Waals surface area contributed by atoms with E-state index in [2.05, 4.69) is 53.7 Å². The average Bonchev–Trinajstić information content (AvgIpc) is 3.51. The number of aryl methyl sites for hydroxylation is 1. The van der Waals surface area contributed by atoms with E-state index in [1.807, 2.05) is 42.6 Å². The third-order valence-corrected chi connectivity index (χ3v) is 5.61. The number of imidazole rings is 1. The normalized spacial score (nSPS) is 14.5. The first-order chi connectivity index (χ1) is 14.8. The number of pyridine rings is 2. The largest absolute Gasteiger partial charge is 0.352 e. The van der Waals surface area contributed by atoms with Crippen LogP contribution in [0.5, 0.6) is 0 Å². The molecule has 3 N–H and O–H groups in total. The van der Waals surface area contributed by atoms with Gasteiger partial charge in [0.2, 0.25) is 0 Å². The summed E-state index contributed by atoms with van der Waals surface area (Å²) < 4.78 is 2.00. The molecule has 0 amide bonds. The summed E-state index contributed by atoms with van der Waals surface area (Å²) in [5, 5.41) is 13.2. The van der Waals surface area contributed by atoms with Gasteiger partial charge < -0.3 is 14.9 Å². The van der Waals surface area contributed by atoms with E-state index in [0.29, 0.717) is 0 Å². The molecule has 148 valence electrons. The van der Waals surface area contributed by atoms with Crippen molar-refractivity contribution in [3.05, 3.63) is 60.7 Å². The summed E-state index contributed by atoms with van der Waals surface area (Å²) in [7, 11) is 0. The lowest BCUT2D eigenvalue weighted by molar-refractivity contribution is 0.737. The predicted molar refractivity (Wildman–Crippen MR) is 116 cm³/mol. The van der Waals surface area contributed by atoms with Gasteiger partial charge in [-0.15, -0.1) is 0 Å². The van der Waals surface area contributed by atoms with Gasteiger partial charge in [0.05, 0.1) is 58.7 Å². The first-order valence-corrected chi connectivity index (χ1v) is 9.98. The number of hydrogen-bond acceptors (Lipinski definition) is 5. The molecule has 0 unspecified atom stereocenters. The van der Waals surface area contributed by atoms with Crippen molar-refractivity contribution in [1.29, 1.82) is 0 Å². The maximum Gasteiger partial charge on any atom is 0.116 e. The molecule has 30 heavy (non-hydrogen) atoms. The molecule has 0 radical (unpaired) electrons. The number of rotatable bonds is 3. The number of hydrogen-bond donors (Lipinski definition) is 3. The molecule has 5 aromatic heterocycles. The van der Waals surface area contributed by atoms with Crippen LogP contribution in [-0.4, -0.2) is 47.8 Å². The van der Waals surface area contributed by atoms with Crippen molar-refractivity contribution >= 4 is 27.4 Å². The van der Waals surface area contributed by atoms with Crippen LogP contribution in [-0.2, 0) is 0 Å². The van der Waals surface area contributed by atoms with E-state index in [1.165, 1.54) is 5.57 Å². The third-order valence-electron chi connectivity index (χ3n) is 5.61. The van der Waals surface area contributed by atoms with Crippen molar-refractivity contribution in [2.45, 2.75) is 13.3 Å². The summed E-state index contributed by atoms with van der Waals surface area (Å²) in [6, 6.07) is 4.26. The monoisotopic (exact) mass is 396 g/mol. The fourth-order valence-electron chi connectivity index (χ4n) is 4.08. The van der Waals surface area contributed by atoms with Gasteiger partial charge >= 0.3 is 0 Å². The fourth-order valence-corrected chi connectivity index (χ4v) is 4.08. The number of aromatic amines is 2. The Morgan fingerprint density at radius 3 is 2.83 bits per heavy atom. The zero-order valence-electron chi connectivity index (χ0n) is 16.5. The molecule has 0 fully saturated rings. The maximum atomic E-state index is 4.64. The molecular weight excluding hydrogens is 376 g/mol. The molecule has 1 aliphatic heterocycles. The zero-order chi connectivity index (χ0) is 20.1. The molecule has 0 saturated heterocycles. The summed E-state index contributed by atoms with van der Waals surface area (Å²) in [5.74, 6) is 0. The van der Waals surface area contributed by atoms with Gasteiger partial charge in [-0.2, -0.15) is 5.10 Å².